The van der Waals surface area contributed by atoms with Gasteiger partial charge in [0.1, 0.15) is 0 Å². The molecule has 88 valence electrons. The number of hydrogen-bond donors (Lipinski definition) is 2. The molecular weight excluding hydrogens is 230 g/mol. The van der Waals surface area contributed by atoms with Gasteiger partial charge in [-0.25, -0.2) is 4.79 Å². The maximum absolute atomic E-state index is 11.9. The Kier molecular flexibility index (Phi) is 2.16. The summed E-state index contributed by atoms with van der Waals surface area (Å²) in [5.41, 5.74) is 0.591. The number of carbonyl (C=O) groups is 1. The average Bonchev–Trinajstić information content (AvgIpc) is 2.38. The molecule has 0 saturated heterocycles. The predicted octanol–water partition coefficient (Wildman–Crippen LogP) is 2.38. The van der Waals surface area contributed by atoms with Gasteiger partial charge in [-0.05, 0) is 23.6 Å². The normalized spacial score (nSPS) is 10.9. The number of para-hydroxylation sites is 1. The number of carboxylic acid groups (broad SMARTS) is 1. The van der Waals surface area contributed by atoms with Crippen LogP contribution in [0, 0.1) is 0 Å². The number of aromatic carboxylic acids is 1. The quantitative estimate of drug-likeness (QED) is 0.640. The Labute approximate surface area is 101 Å². The van der Waals surface area contributed by atoms with Crippen molar-refractivity contribution < 1.29 is 9.90 Å². The SMILES string of the molecule is O=C(O)c1ccc2c(c1)c(=O)[nH]c1ccccc12. The van der Waals surface area contributed by atoms with Crippen molar-refractivity contribution in [2.75, 3.05) is 0 Å². The molecule has 0 amide bonds. The van der Waals surface area contributed by atoms with E-state index in [4.69, 9.17) is 5.11 Å². The Bertz CT molecular complexity index is 833. The van der Waals surface area contributed by atoms with Crippen molar-refractivity contribution >= 4 is 27.6 Å². The number of nitrogens with one attached hydrogen (secondary N) is 1. The molecule has 0 radical (unpaired) electrons. The molecule has 0 bridgehead atoms. The van der Waals surface area contributed by atoms with Gasteiger partial charge < -0.3 is 10.1 Å². The highest BCUT2D eigenvalue weighted by molar-refractivity contribution is 6.07. The van der Waals surface area contributed by atoms with Crippen molar-refractivity contribution in [1.82, 2.24) is 4.98 Å². The second-order valence-electron chi connectivity index (χ2n) is 4.07. The Balaban J connectivity index is 2.52. The third-order valence-electron chi connectivity index (χ3n) is 2.98. The van der Waals surface area contributed by atoms with Gasteiger partial charge in [0.2, 0.25) is 0 Å². The minimum absolute atomic E-state index is 0.114. The largest absolute Gasteiger partial charge is 0.478 e. The summed E-state index contributed by atoms with van der Waals surface area (Å²) in [6.45, 7) is 0. The lowest BCUT2D eigenvalue weighted by Crippen LogP contribution is -2.07. The molecule has 1 aromatic heterocycles. The molecule has 0 fully saturated rings. The van der Waals surface area contributed by atoms with Crippen LogP contribution in [0.15, 0.2) is 47.3 Å². The standard InChI is InChI=1S/C14H9NO3/c16-13-11-7-8(14(17)18)5-6-9(11)10-3-1-2-4-12(10)15-13/h1-7H,(H,15,16)(H,17,18). The number of aromatic nitrogens is 1. The van der Waals surface area contributed by atoms with Crippen LogP contribution in [0.4, 0.5) is 0 Å². The smallest absolute Gasteiger partial charge is 0.335 e. The Morgan fingerprint density at radius 3 is 2.56 bits per heavy atom. The highest BCUT2D eigenvalue weighted by Crippen LogP contribution is 2.21. The van der Waals surface area contributed by atoms with Crippen LogP contribution >= 0.6 is 0 Å². The van der Waals surface area contributed by atoms with E-state index in [1.54, 1.807) is 6.07 Å². The fourth-order valence-electron chi connectivity index (χ4n) is 2.12. The number of pyridine rings is 1. The second kappa shape index (κ2) is 3.70. The van der Waals surface area contributed by atoms with E-state index in [9.17, 15) is 9.59 Å². The molecule has 2 N–H and O–H groups in total. The number of fused-ring (bicyclic) bond motifs is 3. The first-order valence-electron chi connectivity index (χ1n) is 5.45. The van der Waals surface area contributed by atoms with Gasteiger partial charge >= 0.3 is 5.97 Å². The zero-order chi connectivity index (χ0) is 12.7. The van der Waals surface area contributed by atoms with Crippen molar-refractivity contribution in [3.05, 3.63) is 58.4 Å². The maximum Gasteiger partial charge on any atom is 0.335 e. The van der Waals surface area contributed by atoms with Gasteiger partial charge in [-0.15, -0.1) is 0 Å². The van der Waals surface area contributed by atoms with Gasteiger partial charge in [0.25, 0.3) is 5.56 Å². The molecule has 3 aromatic rings. The predicted molar refractivity (Wildman–Crippen MR) is 69.0 cm³/mol. The highest BCUT2D eigenvalue weighted by atomic mass is 16.4. The van der Waals surface area contributed by atoms with Gasteiger partial charge in [0, 0.05) is 16.3 Å². The van der Waals surface area contributed by atoms with Crippen LogP contribution in [0.2, 0.25) is 0 Å². The summed E-state index contributed by atoms with van der Waals surface area (Å²) < 4.78 is 0. The lowest BCUT2D eigenvalue weighted by Gasteiger charge is -2.04. The van der Waals surface area contributed by atoms with Crippen LogP contribution < -0.4 is 5.56 Å². The summed E-state index contributed by atoms with van der Waals surface area (Å²) in [7, 11) is 0. The Morgan fingerprint density at radius 2 is 1.78 bits per heavy atom. The zero-order valence-corrected chi connectivity index (χ0v) is 9.31. The maximum atomic E-state index is 11.9. The van der Waals surface area contributed by atoms with E-state index in [0.29, 0.717) is 5.39 Å². The monoisotopic (exact) mass is 239 g/mol. The van der Waals surface area contributed by atoms with E-state index < -0.39 is 5.97 Å². The Hall–Kier alpha value is -2.62. The summed E-state index contributed by atoms with van der Waals surface area (Å²) in [6.07, 6.45) is 0. The number of H-pyrrole nitrogens is 1. The van der Waals surface area contributed by atoms with Crippen molar-refractivity contribution in [3.8, 4) is 0 Å². The summed E-state index contributed by atoms with van der Waals surface area (Å²) in [6, 6.07) is 12.0. The lowest BCUT2D eigenvalue weighted by atomic mass is 10.0. The molecule has 3 rings (SSSR count). The molecule has 0 spiro atoms. The van der Waals surface area contributed by atoms with E-state index in [2.05, 4.69) is 4.98 Å². The first-order chi connectivity index (χ1) is 8.66. The first-order valence-corrected chi connectivity index (χ1v) is 5.45. The van der Waals surface area contributed by atoms with Crippen LogP contribution in [0.5, 0.6) is 0 Å². The molecule has 0 unspecified atom stereocenters. The van der Waals surface area contributed by atoms with Crippen molar-refractivity contribution in [2.24, 2.45) is 0 Å². The third kappa shape index (κ3) is 1.47. The number of hydrogen-bond acceptors (Lipinski definition) is 2. The molecule has 1 heterocycles. The van der Waals surface area contributed by atoms with Crippen molar-refractivity contribution in [2.45, 2.75) is 0 Å². The topological polar surface area (TPSA) is 70.2 Å². The van der Waals surface area contributed by atoms with Crippen molar-refractivity contribution in [1.29, 1.82) is 0 Å². The minimum Gasteiger partial charge on any atom is -0.478 e. The summed E-state index contributed by atoms with van der Waals surface area (Å²) in [5, 5.41) is 11.0. The molecule has 4 heteroatoms. The van der Waals surface area contributed by atoms with E-state index in [1.165, 1.54) is 12.1 Å². The highest BCUT2D eigenvalue weighted by Gasteiger charge is 2.08. The van der Waals surface area contributed by atoms with Crippen LogP contribution in [0.25, 0.3) is 21.7 Å². The summed E-state index contributed by atoms with van der Waals surface area (Å²) in [5.74, 6) is -1.04. The van der Waals surface area contributed by atoms with Gasteiger partial charge in [0.05, 0.1) is 5.56 Å². The molecular formula is C14H9NO3. The van der Waals surface area contributed by atoms with Gasteiger partial charge in [-0.3, -0.25) is 4.79 Å². The van der Waals surface area contributed by atoms with Crippen LogP contribution in [0.1, 0.15) is 10.4 Å². The fraction of sp³-hybridized carbons (Fsp3) is 0. The minimum atomic E-state index is -1.04. The van der Waals surface area contributed by atoms with Crippen LogP contribution in [-0.2, 0) is 0 Å². The van der Waals surface area contributed by atoms with Crippen molar-refractivity contribution in [3.63, 3.8) is 0 Å². The lowest BCUT2D eigenvalue weighted by molar-refractivity contribution is 0.0697. The molecule has 18 heavy (non-hydrogen) atoms. The molecule has 0 aliphatic rings. The van der Waals surface area contributed by atoms with Crippen LogP contribution in [-0.4, -0.2) is 16.1 Å². The fourth-order valence-corrected chi connectivity index (χ4v) is 2.12. The summed E-state index contributed by atoms with van der Waals surface area (Å²) in [4.78, 5) is 25.6. The molecule has 0 aliphatic heterocycles. The number of benzene rings is 2. The van der Waals surface area contributed by atoms with Gasteiger partial charge in [-0.1, -0.05) is 24.3 Å². The molecule has 0 saturated carbocycles. The van der Waals surface area contributed by atoms with E-state index in [1.807, 2.05) is 24.3 Å². The second-order valence-corrected chi connectivity index (χ2v) is 4.07. The number of rotatable bonds is 1. The first kappa shape index (κ1) is 10.5. The molecule has 0 aliphatic carbocycles. The Morgan fingerprint density at radius 1 is 1.00 bits per heavy atom. The van der Waals surface area contributed by atoms with E-state index in [0.717, 1.165) is 16.3 Å². The average molecular weight is 239 g/mol. The van der Waals surface area contributed by atoms with Gasteiger partial charge in [-0.2, -0.15) is 0 Å². The molecule has 2 aromatic carbocycles. The molecule has 4 nitrogen and oxygen atoms in total. The summed E-state index contributed by atoms with van der Waals surface area (Å²) >= 11 is 0. The van der Waals surface area contributed by atoms with Gasteiger partial charge in [0.15, 0.2) is 0 Å². The van der Waals surface area contributed by atoms with E-state index in [-0.39, 0.29) is 11.1 Å². The number of carboxylic acids is 1. The molecule has 0 atom stereocenters. The number of aromatic amines is 1. The third-order valence-corrected chi connectivity index (χ3v) is 2.98. The van der Waals surface area contributed by atoms with Crippen LogP contribution in [0.3, 0.4) is 0 Å². The van der Waals surface area contributed by atoms with E-state index >= 15 is 0 Å². The zero-order valence-electron chi connectivity index (χ0n) is 9.31.